The van der Waals surface area contributed by atoms with Crippen LogP contribution in [0.5, 0.6) is 0 Å². The molecule has 0 aliphatic carbocycles. The van der Waals surface area contributed by atoms with Gasteiger partial charge in [0.2, 0.25) is 0 Å². The lowest BCUT2D eigenvalue weighted by molar-refractivity contribution is 0.0874. The molecular weight excluding hydrogens is 295 g/mol. The molecule has 0 aromatic heterocycles. The van der Waals surface area contributed by atoms with E-state index in [1.807, 2.05) is 0 Å². The summed E-state index contributed by atoms with van der Waals surface area (Å²) in [5.74, 6) is 0.101. The second-order valence-corrected chi connectivity index (χ2v) is 5.91. The fourth-order valence-electron chi connectivity index (χ4n) is 2.62. The van der Waals surface area contributed by atoms with Crippen LogP contribution in [0.3, 0.4) is 0 Å². The Kier molecular flexibility index (Phi) is 5.85. The summed E-state index contributed by atoms with van der Waals surface area (Å²) in [6.07, 6.45) is 2.20. The van der Waals surface area contributed by atoms with Crippen molar-refractivity contribution >= 4 is 29.0 Å². The van der Waals surface area contributed by atoms with E-state index in [0.717, 1.165) is 32.5 Å². The first-order valence-electron chi connectivity index (χ1n) is 7.05. The molecule has 1 saturated heterocycles. The van der Waals surface area contributed by atoms with Gasteiger partial charge in [-0.1, -0.05) is 30.1 Å². The monoisotopic (exact) mass is 314 g/mol. The topological polar surface area (TPSA) is 32.3 Å². The SMILES string of the molecule is CCN(CC(=O)c1ccc(Cl)c(Cl)c1)C1CCNCC1. The Morgan fingerprint density at radius 2 is 2.00 bits per heavy atom. The Balaban J connectivity index is 2.02. The van der Waals surface area contributed by atoms with Crippen molar-refractivity contribution in [2.75, 3.05) is 26.2 Å². The maximum atomic E-state index is 12.4. The third kappa shape index (κ3) is 3.95. The van der Waals surface area contributed by atoms with Crippen molar-refractivity contribution in [3.05, 3.63) is 33.8 Å². The molecule has 0 atom stereocenters. The number of carbonyl (C=O) groups excluding carboxylic acids is 1. The zero-order chi connectivity index (χ0) is 14.5. The molecule has 20 heavy (non-hydrogen) atoms. The fraction of sp³-hybridized carbons (Fsp3) is 0.533. The smallest absolute Gasteiger partial charge is 0.176 e. The lowest BCUT2D eigenvalue weighted by atomic mass is 10.0. The molecule has 1 aromatic rings. The Labute approximate surface area is 130 Å². The number of nitrogens with one attached hydrogen (secondary N) is 1. The first-order valence-corrected chi connectivity index (χ1v) is 7.80. The molecule has 0 radical (unpaired) electrons. The first-order chi connectivity index (χ1) is 9.61. The minimum atomic E-state index is 0.101. The van der Waals surface area contributed by atoms with Gasteiger partial charge in [0, 0.05) is 11.6 Å². The number of carbonyl (C=O) groups is 1. The van der Waals surface area contributed by atoms with E-state index in [1.54, 1.807) is 18.2 Å². The van der Waals surface area contributed by atoms with Crippen molar-refractivity contribution < 1.29 is 4.79 Å². The maximum absolute atomic E-state index is 12.4. The van der Waals surface area contributed by atoms with Gasteiger partial charge < -0.3 is 5.32 Å². The van der Waals surface area contributed by atoms with Gasteiger partial charge in [-0.3, -0.25) is 9.69 Å². The van der Waals surface area contributed by atoms with Gasteiger partial charge in [0.05, 0.1) is 16.6 Å². The van der Waals surface area contributed by atoms with E-state index in [-0.39, 0.29) is 5.78 Å². The van der Waals surface area contributed by atoms with E-state index in [1.165, 1.54) is 0 Å². The van der Waals surface area contributed by atoms with Gasteiger partial charge in [-0.2, -0.15) is 0 Å². The number of hydrogen-bond acceptors (Lipinski definition) is 3. The van der Waals surface area contributed by atoms with Gasteiger partial charge in [0.15, 0.2) is 5.78 Å². The van der Waals surface area contributed by atoms with Crippen LogP contribution in [0, 0.1) is 0 Å². The van der Waals surface area contributed by atoms with Crippen LogP contribution in [0.25, 0.3) is 0 Å². The molecule has 1 aliphatic heterocycles. The van der Waals surface area contributed by atoms with Gasteiger partial charge in [0.1, 0.15) is 0 Å². The van der Waals surface area contributed by atoms with Gasteiger partial charge in [-0.05, 0) is 50.7 Å². The molecule has 110 valence electrons. The summed E-state index contributed by atoms with van der Waals surface area (Å²) >= 11 is 11.9. The predicted octanol–water partition coefficient (Wildman–Crippen LogP) is 3.25. The van der Waals surface area contributed by atoms with Crippen LogP contribution >= 0.6 is 23.2 Å². The average Bonchev–Trinajstić information content (AvgIpc) is 2.48. The number of piperidine rings is 1. The third-order valence-corrected chi connectivity index (χ3v) is 4.56. The summed E-state index contributed by atoms with van der Waals surface area (Å²) < 4.78 is 0. The molecule has 5 heteroatoms. The van der Waals surface area contributed by atoms with Crippen molar-refractivity contribution in [1.29, 1.82) is 0 Å². The Morgan fingerprint density at radius 1 is 1.30 bits per heavy atom. The summed E-state index contributed by atoms with van der Waals surface area (Å²) in [4.78, 5) is 14.6. The molecule has 0 amide bonds. The van der Waals surface area contributed by atoms with Crippen LogP contribution in [-0.4, -0.2) is 42.9 Å². The highest BCUT2D eigenvalue weighted by molar-refractivity contribution is 6.42. The zero-order valence-electron chi connectivity index (χ0n) is 11.7. The molecule has 1 aliphatic rings. The molecule has 0 saturated carbocycles. The highest BCUT2D eigenvalue weighted by atomic mass is 35.5. The van der Waals surface area contributed by atoms with Crippen molar-refractivity contribution in [1.82, 2.24) is 10.2 Å². The second-order valence-electron chi connectivity index (χ2n) is 5.10. The third-order valence-electron chi connectivity index (χ3n) is 3.82. The standard InChI is InChI=1S/C15H20Cl2N2O/c1-2-19(12-5-7-18-8-6-12)10-15(20)11-3-4-13(16)14(17)9-11/h3-4,9,12,18H,2,5-8,10H2,1H3. The van der Waals surface area contributed by atoms with E-state index < -0.39 is 0 Å². The zero-order valence-corrected chi connectivity index (χ0v) is 13.2. The van der Waals surface area contributed by atoms with Crippen molar-refractivity contribution in [3.63, 3.8) is 0 Å². The second kappa shape index (κ2) is 7.41. The van der Waals surface area contributed by atoms with Gasteiger partial charge >= 0.3 is 0 Å². The molecule has 0 bridgehead atoms. The Bertz CT molecular complexity index is 473. The fourth-order valence-corrected chi connectivity index (χ4v) is 2.91. The number of halogens is 2. The molecular formula is C15H20Cl2N2O. The number of Topliss-reactive ketones (excluding diaryl/α,β-unsaturated/α-hetero) is 1. The molecule has 1 N–H and O–H groups in total. The summed E-state index contributed by atoms with van der Waals surface area (Å²) in [6.45, 7) is 5.49. The van der Waals surface area contributed by atoms with Gasteiger partial charge in [-0.15, -0.1) is 0 Å². The molecule has 2 rings (SSSR count). The van der Waals surface area contributed by atoms with E-state index in [2.05, 4.69) is 17.1 Å². The molecule has 0 spiro atoms. The van der Waals surface area contributed by atoms with E-state index in [0.29, 0.717) is 28.2 Å². The average molecular weight is 315 g/mol. The minimum Gasteiger partial charge on any atom is -0.317 e. The molecule has 3 nitrogen and oxygen atoms in total. The quantitative estimate of drug-likeness (QED) is 0.847. The van der Waals surface area contributed by atoms with Crippen LogP contribution in [0.15, 0.2) is 18.2 Å². The molecule has 0 unspecified atom stereocenters. The maximum Gasteiger partial charge on any atom is 0.176 e. The molecule has 1 fully saturated rings. The first kappa shape index (κ1) is 15.8. The van der Waals surface area contributed by atoms with Gasteiger partial charge in [-0.25, -0.2) is 0 Å². The van der Waals surface area contributed by atoms with E-state index in [4.69, 9.17) is 23.2 Å². The largest absolute Gasteiger partial charge is 0.317 e. The summed E-state index contributed by atoms with van der Waals surface area (Å²) in [5.41, 5.74) is 0.631. The van der Waals surface area contributed by atoms with Crippen molar-refractivity contribution in [3.8, 4) is 0 Å². The predicted molar refractivity (Wildman–Crippen MR) is 83.9 cm³/mol. The molecule has 1 heterocycles. The van der Waals surface area contributed by atoms with Gasteiger partial charge in [0.25, 0.3) is 0 Å². The number of nitrogens with zero attached hydrogens (tertiary/aromatic N) is 1. The summed E-state index contributed by atoms with van der Waals surface area (Å²) in [5, 5.41) is 4.26. The van der Waals surface area contributed by atoms with Crippen molar-refractivity contribution in [2.45, 2.75) is 25.8 Å². The van der Waals surface area contributed by atoms with Crippen LogP contribution < -0.4 is 5.32 Å². The van der Waals surface area contributed by atoms with Crippen LogP contribution in [-0.2, 0) is 0 Å². The van der Waals surface area contributed by atoms with Crippen molar-refractivity contribution in [2.24, 2.45) is 0 Å². The number of hydrogen-bond donors (Lipinski definition) is 1. The summed E-state index contributed by atoms with van der Waals surface area (Å²) in [6, 6.07) is 5.57. The molecule has 1 aromatic carbocycles. The highest BCUT2D eigenvalue weighted by Gasteiger charge is 2.22. The lowest BCUT2D eigenvalue weighted by Gasteiger charge is -2.33. The minimum absolute atomic E-state index is 0.101. The Hall–Kier alpha value is -0.610. The Morgan fingerprint density at radius 3 is 2.60 bits per heavy atom. The number of rotatable bonds is 5. The number of benzene rings is 1. The highest BCUT2D eigenvalue weighted by Crippen LogP contribution is 2.23. The van der Waals surface area contributed by atoms with Crippen LogP contribution in [0.2, 0.25) is 10.0 Å². The summed E-state index contributed by atoms with van der Waals surface area (Å²) in [7, 11) is 0. The van der Waals surface area contributed by atoms with Crippen LogP contribution in [0.1, 0.15) is 30.1 Å². The van der Waals surface area contributed by atoms with Crippen LogP contribution in [0.4, 0.5) is 0 Å². The lowest BCUT2D eigenvalue weighted by Crippen LogP contribution is -2.45. The van der Waals surface area contributed by atoms with E-state index in [9.17, 15) is 4.79 Å². The normalized spacial score (nSPS) is 16.6. The number of ketones is 1. The number of likely N-dealkylation sites (N-methyl/N-ethyl adjacent to an activating group) is 1. The van der Waals surface area contributed by atoms with E-state index >= 15 is 0 Å².